The molecule has 108 valence electrons. The number of rotatable bonds is 3. The van der Waals surface area contributed by atoms with Gasteiger partial charge in [0, 0.05) is 20.2 Å². The smallest absolute Gasteiger partial charge is 0.373 e. The molecule has 2 N–H and O–H groups in total. The third-order valence-corrected chi connectivity index (χ3v) is 3.21. The highest BCUT2D eigenvalue weighted by molar-refractivity contribution is 7.99. The fraction of sp³-hybridized carbons (Fsp3) is 0.333. The van der Waals surface area contributed by atoms with Gasteiger partial charge in [-0.2, -0.15) is 13.2 Å². The van der Waals surface area contributed by atoms with Gasteiger partial charge < -0.3 is 5.32 Å². The molecule has 0 aromatic carbocycles. The van der Waals surface area contributed by atoms with E-state index in [0.29, 0.717) is 0 Å². The molecule has 2 aromatic rings. The summed E-state index contributed by atoms with van der Waals surface area (Å²) in [7, 11) is 2.89. The van der Waals surface area contributed by atoms with E-state index >= 15 is 0 Å². The second kappa shape index (κ2) is 5.15. The van der Waals surface area contributed by atoms with E-state index in [1.165, 1.54) is 24.7 Å². The van der Waals surface area contributed by atoms with Gasteiger partial charge in [0.1, 0.15) is 10.8 Å². The number of aromatic amines is 1. The summed E-state index contributed by atoms with van der Waals surface area (Å²) in [4.78, 5) is 17.9. The molecule has 0 fully saturated rings. The van der Waals surface area contributed by atoms with Crippen molar-refractivity contribution in [3.8, 4) is 0 Å². The summed E-state index contributed by atoms with van der Waals surface area (Å²) >= 11 is 0.824. The predicted octanol–water partition coefficient (Wildman–Crippen LogP) is 1.11. The maximum absolute atomic E-state index is 12.7. The van der Waals surface area contributed by atoms with Gasteiger partial charge in [-0.25, -0.2) is 19.9 Å². The molecule has 0 saturated carbocycles. The first-order chi connectivity index (χ1) is 9.31. The summed E-state index contributed by atoms with van der Waals surface area (Å²) in [6.07, 6.45) is -4.65. The molecule has 0 amide bonds. The lowest BCUT2D eigenvalue weighted by atomic mass is 10.5. The number of hydrogen-bond donors (Lipinski definition) is 2. The third-order valence-electron chi connectivity index (χ3n) is 2.25. The van der Waals surface area contributed by atoms with E-state index in [0.717, 1.165) is 11.8 Å². The Hall–Kier alpha value is -2.04. The van der Waals surface area contributed by atoms with Crippen LogP contribution in [-0.2, 0) is 13.2 Å². The zero-order chi connectivity index (χ0) is 14.9. The number of halogens is 3. The van der Waals surface area contributed by atoms with Crippen molar-refractivity contribution in [2.24, 2.45) is 7.05 Å². The largest absolute Gasteiger partial charge is 0.451 e. The summed E-state index contributed by atoms with van der Waals surface area (Å²) < 4.78 is 39.2. The molecule has 0 aliphatic heterocycles. The highest BCUT2D eigenvalue weighted by Crippen LogP contribution is 2.31. The van der Waals surface area contributed by atoms with Gasteiger partial charge in [-0.3, -0.25) is 4.57 Å². The zero-order valence-corrected chi connectivity index (χ0v) is 11.1. The lowest BCUT2D eigenvalue weighted by Crippen LogP contribution is -2.14. The molecule has 11 heteroatoms. The molecule has 0 aliphatic rings. The molecule has 20 heavy (non-hydrogen) atoms. The lowest BCUT2D eigenvalue weighted by molar-refractivity contribution is -0.145. The van der Waals surface area contributed by atoms with Crippen molar-refractivity contribution in [3.05, 3.63) is 22.4 Å². The minimum atomic E-state index is -4.65. The first-order valence-electron chi connectivity index (χ1n) is 5.24. The summed E-state index contributed by atoms with van der Waals surface area (Å²) in [6, 6.07) is 1.33. The Morgan fingerprint density at radius 3 is 2.60 bits per heavy atom. The molecular formula is C9H9F3N6OS. The average Bonchev–Trinajstić information content (AvgIpc) is 2.69. The Balaban J connectivity index is 2.41. The van der Waals surface area contributed by atoms with Crippen LogP contribution in [0.25, 0.3) is 0 Å². The SMILES string of the molecule is CNc1cc(Sc2n[nH]c(=O)n2C)nc(C(F)(F)F)n1. The van der Waals surface area contributed by atoms with E-state index in [1.807, 2.05) is 0 Å². The van der Waals surface area contributed by atoms with Gasteiger partial charge in [0.15, 0.2) is 5.16 Å². The fourth-order valence-electron chi connectivity index (χ4n) is 1.25. The molecule has 0 atom stereocenters. The Bertz CT molecular complexity index is 679. The number of H-pyrrole nitrogens is 1. The molecule has 0 aliphatic carbocycles. The summed E-state index contributed by atoms with van der Waals surface area (Å²) in [6.45, 7) is 0. The number of alkyl halides is 3. The molecule has 0 saturated heterocycles. The summed E-state index contributed by atoms with van der Waals surface area (Å²) in [5.41, 5.74) is -0.466. The molecule has 0 spiro atoms. The average molecular weight is 306 g/mol. The first kappa shape index (κ1) is 14.4. The van der Waals surface area contributed by atoms with E-state index in [2.05, 4.69) is 25.5 Å². The molecule has 2 heterocycles. The van der Waals surface area contributed by atoms with Crippen LogP contribution in [0.4, 0.5) is 19.0 Å². The van der Waals surface area contributed by atoms with Crippen molar-refractivity contribution in [2.75, 3.05) is 12.4 Å². The molecule has 7 nitrogen and oxygen atoms in total. The standard InChI is InChI=1S/C9H9F3N6OS/c1-13-4-3-5(15-6(14-4)9(10,11)12)20-8-17-16-7(19)18(8)2/h3H,1-2H3,(H,16,19)(H,13,14,15). The van der Waals surface area contributed by atoms with Crippen molar-refractivity contribution < 1.29 is 13.2 Å². The van der Waals surface area contributed by atoms with Crippen LogP contribution in [0.5, 0.6) is 0 Å². The van der Waals surface area contributed by atoms with Crippen LogP contribution < -0.4 is 11.0 Å². The normalized spacial score (nSPS) is 11.7. The third kappa shape index (κ3) is 2.92. The number of aromatic nitrogens is 5. The monoisotopic (exact) mass is 306 g/mol. The highest BCUT2D eigenvalue weighted by atomic mass is 32.2. The minimum Gasteiger partial charge on any atom is -0.373 e. The van der Waals surface area contributed by atoms with E-state index in [4.69, 9.17) is 0 Å². The minimum absolute atomic E-state index is 0.0235. The molecular weight excluding hydrogens is 297 g/mol. The summed E-state index contributed by atoms with van der Waals surface area (Å²) in [5.74, 6) is -1.23. The first-order valence-corrected chi connectivity index (χ1v) is 6.06. The van der Waals surface area contributed by atoms with E-state index < -0.39 is 17.7 Å². The van der Waals surface area contributed by atoms with Crippen LogP contribution in [0.15, 0.2) is 21.0 Å². The maximum atomic E-state index is 12.7. The van der Waals surface area contributed by atoms with Crippen LogP contribution in [0, 0.1) is 0 Å². The number of hydrogen-bond acceptors (Lipinski definition) is 6. The van der Waals surface area contributed by atoms with E-state index in [1.54, 1.807) is 0 Å². The highest BCUT2D eigenvalue weighted by Gasteiger charge is 2.35. The van der Waals surface area contributed by atoms with Crippen molar-refractivity contribution in [3.63, 3.8) is 0 Å². The zero-order valence-electron chi connectivity index (χ0n) is 10.3. The van der Waals surface area contributed by atoms with Gasteiger partial charge in [-0.1, -0.05) is 0 Å². The van der Waals surface area contributed by atoms with Gasteiger partial charge in [-0.15, -0.1) is 5.10 Å². The van der Waals surface area contributed by atoms with Crippen LogP contribution in [0.2, 0.25) is 0 Å². The Labute approximate surface area is 114 Å². The van der Waals surface area contributed by atoms with E-state index in [-0.39, 0.29) is 16.0 Å². The molecule has 0 unspecified atom stereocenters. The van der Waals surface area contributed by atoms with Crippen molar-refractivity contribution in [2.45, 2.75) is 16.4 Å². The number of anilines is 1. The maximum Gasteiger partial charge on any atom is 0.451 e. The second-order valence-corrected chi connectivity index (χ2v) is 4.62. The Morgan fingerprint density at radius 1 is 1.40 bits per heavy atom. The van der Waals surface area contributed by atoms with Gasteiger partial charge in [0.25, 0.3) is 0 Å². The van der Waals surface area contributed by atoms with Crippen LogP contribution in [0.3, 0.4) is 0 Å². The van der Waals surface area contributed by atoms with Crippen LogP contribution in [0.1, 0.15) is 5.82 Å². The van der Waals surface area contributed by atoms with Gasteiger partial charge in [0.05, 0.1) is 0 Å². The number of nitrogens with zero attached hydrogens (tertiary/aromatic N) is 4. The van der Waals surface area contributed by atoms with Gasteiger partial charge >= 0.3 is 11.9 Å². The Morgan fingerprint density at radius 2 is 2.10 bits per heavy atom. The molecule has 0 radical (unpaired) electrons. The molecule has 2 rings (SSSR count). The predicted molar refractivity (Wildman–Crippen MR) is 64.5 cm³/mol. The van der Waals surface area contributed by atoms with Crippen molar-refractivity contribution in [1.82, 2.24) is 24.7 Å². The Kier molecular flexibility index (Phi) is 3.70. The molecule has 0 bridgehead atoms. The topological polar surface area (TPSA) is 88.5 Å². The molecule has 2 aromatic heterocycles. The fourth-order valence-corrected chi connectivity index (χ4v) is 2.05. The van der Waals surface area contributed by atoms with Crippen molar-refractivity contribution in [1.29, 1.82) is 0 Å². The van der Waals surface area contributed by atoms with Gasteiger partial charge in [-0.05, 0) is 11.8 Å². The van der Waals surface area contributed by atoms with E-state index in [9.17, 15) is 18.0 Å². The number of nitrogens with one attached hydrogen (secondary N) is 2. The quantitative estimate of drug-likeness (QED) is 0.826. The lowest BCUT2D eigenvalue weighted by Gasteiger charge is -2.09. The van der Waals surface area contributed by atoms with Crippen LogP contribution >= 0.6 is 11.8 Å². The van der Waals surface area contributed by atoms with Crippen LogP contribution in [-0.4, -0.2) is 31.8 Å². The summed E-state index contributed by atoms with van der Waals surface area (Å²) in [5, 5.41) is 8.62. The van der Waals surface area contributed by atoms with Crippen molar-refractivity contribution >= 4 is 17.6 Å². The van der Waals surface area contributed by atoms with Gasteiger partial charge in [0.2, 0.25) is 5.82 Å². The second-order valence-electron chi connectivity index (χ2n) is 3.64.